The van der Waals surface area contributed by atoms with E-state index < -0.39 is 0 Å². The number of hydrogen-bond acceptors (Lipinski definition) is 2. The van der Waals surface area contributed by atoms with Crippen LogP contribution in [0.4, 0.5) is 5.69 Å². The second-order valence-corrected chi connectivity index (χ2v) is 8.78. The Balaban J connectivity index is 1.53. The first-order valence-electron chi connectivity index (χ1n) is 10.9. The lowest BCUT2D eigenvalue weighted by atomic mass is 9.75. The largest absolute Gasteiger partial charge is 0.487 e. The fraction of sp³-hybridized carbons (Fsp3) is 0.286. The van der Waals surface area contributed by atoms with Crippen LogP contribution in [0.15, 0.2) is 72.8 Å². The number of ether oxygens (including phenoxy) is 1. The van der Waals surface area contributed by atoms with Gasteiger partial charge in [0.25, 0.3) is 0 Å². The van der Waals surface area contributed by atoms with Crippen LogP contribution >= 0.6 is 0 Å². The van der Waals surface area contributed by atoms with Crippen LogP contribution in [-0.4, -0.2) is 0 Å². The van der Waals surface area contributed by atoms with Crippen LogP contribution in [0.1, 0.15) is 51.8 Å². The summed E-state index contributed by atoms with van der Waals surface area (Å²) in [7, 11) is 0. The van der Waals surface area contributed by atoms with Crippen molar-refractivity contribution >= 4 is 5.69 Å². The lowest BCUT2D eigenvalue weighted by Gasteiger charge is -2.39. The second kappa shape index (κ2) is 7.68. The van der Waals surface area contributed by atoms with E-state index in [2.05, 4.69) is 92.8 Å². The van der Waals surface area contributed by atoms with Crippen LogP contribution < -0.4 is 10.1 Å². The van der Waals surface area contributed by atoms with Gasteiger partial charge in [0.05, 0.1) is 11.7 Å². The van der Waals surface area contributed by atoms with Gasteiger partial charge in [-0.2, -0.15) is 0 Å². The number of benzene rings is 3. The number of nitrogens with one attached hydrogen (secondary N) is 1. The molecule has 2 aliphatic rings. The van der Waals surface area contributed by atoms with E-state index in [-0.39, 0.29) is 0 Å². The maximum atomic E-state index is 6.32. The molecule has 3 atom stereocenters. The van der Waals surface area contributed by atoms with E-state index in [4.69, 9.17) is 4.74 Å². The highest BCUT2D eigenvalue weighted by molar-refractivity contribution is 5.68. The highest BCUT2D eigenvalue weighted by atomic mass is 16.5. The summed E-state index contributed by atoms with van der Waals surface area (Å²) >= 11 is 0. The normalized spacial score (nSPS) is 21.6. The summed E-state index contributed by atoms with van der Waals surface area (Å²) < 4.78 is 6.32. The van der Waals surface area contributed by atoms with Gasteiger partial charge in [-0.25, -0.2) is 0 Å². The molecule has 3 aromatic rings. The fourth-order valence-corrected chi connectivity index (χ4v) is 5.42. The molecular weight excluding hydrogens is 366 g/mol. The van der Waals surface area contributed by atoms with Gasteiger partial charge >= 0.3 is 0 Å². The predicted molar refractivity (Wildman–Crippen MR) is 124 cm³/mol. The number of anilines is 1. The van der Waals surface area contributed by atoms with Crippen LogP contribution in [0.3, 0.4) is 0 Å². The zero-order valence-corrected chi connectivity index (χ0v) is 18.0. The number of hydrogen-bond donors (Lipinski definition) is 1. The minimum Gasteiger partial charge on any atom is -0.487 e. The number of rotatable bonds is 4. The Kier molecular flexibility index (Phi) is 4.86. The van der Waals surface area contributed by atoms with Crippen LogP contribution in [0, 0.1) is 26.7 Å². The van der Waals surface area contributed by atoms with Crippen molar-refractivity contribution in [2.45, 2.75) is 45.8 Å². The van der Waals surface area contributed by atoms with E-state index in [0.717, 1.165) is 17.9 Å². The molecule has 0 saturated carbocycles. The summed E-state index contributed by atoms with van der Waals surface area (Å²) in [6, 6.07) is 21.8. The van der Waals surface area contributed by atoms with E-state index in [1.165, 1.54) is 33.4 Å². The molecule has 3 aromatic carbocycles. The van der Waals surface area contributed by atoms with E-state index in [9.17, 15) is 0 Å². The molecule has 2 heteroatoms. The van der Waals surface area contributed by atoms with Gasteiger partial charge in [-0.05, 0) is 67.0 Å². The van der Waals surface area contributed by atoms with Crippen LogP contribution in [-0.2, 0) is 6.61 Å². The number of fused-ring (bicyclic) bond motifs is 3. The molecule has 0 spiro atoms. The van der Waals surface area contributed by atoms with Crippen molar-refractivity contribution in [2.24, 2.45) is 5.92 Å². The molecule has 0 saturated heterocycles. The molecule has 0 radical (unpaired) electrons. The Labute approximate surface area is 179 Å². The Morgan fingerprint density at radius 3 is 2.47 bits per heavy atom. The van der Waals surface area contributed by atoms with Crippen molar-refractivity contribution in [3.05, 3.63) is 106 Å². The minimum atomic E-state index is 0.291. The number of aryl methyl sites for hydroxylation is 3. The third-order valence-electron chi connectivity index (χ3n) is 6.64. The van der Waals surface area contributed by atoms with Crippen molar-refractivity contribution in [3.63, 3.8) is 0 Å². The third-order valence-corrected chi connectivity index (χ3v) is 6.64. The van der Waals surface area contributed by atoms with Crippen LogP contribution in [0.2, 0.25) is 0 Å². The summed E-state index contributed by atoms with van der Waals surface area (Å²) in [6.07, 6.45) is 5.87. The van der Waals surface area contributed by atoms with Crippen molar-refractivity contribution < 1.29 is 4.74 Å². The Bertz CT molecular complexity index is 1080. The average Bonchev–Trinajstić information content (AvgIpc) is 3.23. The highest BCUT2D eigenvalue weighted by Gasteiger charge is 2.40. The number of para-hydroxylation sites is 1. The summed E-state index contributed by atoms with van der Waals surface area (Å²) in [6.45, 7) is 7.27. The van der Waals surface area contributed by atoms with Gasteiger partial charge in [-0.3, -0.25) is 0 Å². The van der Waals surface area contributed by atoms with Gasteiger partial charge in [-0.15, -0.1) is 0 Å². The molecule has 2 nitrogen and oxygen atoms in total. The quantitative estimate of drug-likeness (QED) is 0.479. The number of allylic oxidation sites excluding steroid dienone is 2. The molecule has 0 amide bonds. The zero-order valence-electron chi connectivity index (χ0n) is 18.0. The van der Waals surface area contributed by atoms with E-state index in [1.807, 2.05) is 6.07 Å². The molecule has 152 valence electrons. The molecule has 0 aromatic heterocycles. The summed E-state index contributed by atoms with van der Waals surface area (Å²) in [5, 5.41) is 3.93. The summed E-state index contributed by atoms with van der Waals surface area (Å²) in [5.74, 6) is 1.93. The molecule has 5 rings (SSSR count). The highest BCUT2D eigenvalue weighted by Crippen LogP contribution is 2.53. The molecule has 1 N–H and O–H groups in total. The molecule has 0 bridgehead atoms. The van der Waals surface area contributed by atoms with E-state index in [0.29, 0.717) is 24.5 Å². The average molecular weight is 396 g/mol. The van der Waals surface area contributed by atoms with Crippen LogP contribution in [0.25, 0.3) is 0 Å². The molecular formula is C28H29NO. The topological polar surface area (TPSA) is 21.3 Å². The van der Waals surface area contributed by atoms with Crippen molar-refractivity contribution in [1.29, 1.82) is 0 Å². The van der Waals surface area contributed by atoms with E-state index >= 15 is 0 Å². The molecule has 3 unspecified atom stereocenters. The minimum absolute atomic E-state index is 0.291. The lowest BCUT2D eigenvalue weighted by molar-refractivity contribution is 0.304. The van der Waals surface area contributed by atoms with Gasteiger partial charge in [0.1, 0.15) is 12.4 Å². The summed E-state index contributed by atoms with van der Waals surface area (Å²) in [4.78, 5) is 0. The molecule has 0 fully saturated rings. The first kappa shape index (κ1) is 19.0. The van der Waals surface area contributed by atoms with Gasteiger partial charge in [0.15, 0.2) is 0 Å². The van der Waals surface area contributed by atoms with Gasteiger partial charge in [0, 0.05) is 5.92 Å². The molecule has 30 heavy (non-hydrogen) atoms. The van der Waals surface area contributed by atoms with E-state index in [1.54, 1.807) is 0 Å². The molecule has 1 aliphatic carbocycles. The Morgan fingerprint density at radius 1 is 0.933 bits per heavy atom. The second-order valence-electron chi connectivity index (χ2n) is 8.78. The fourth-order valence-electron chi connectivity index (χ4n) is 5.42. The maximum absolute atomic E-state index is 6.32. The smallest absolute Gasteiger partial charge is 0.143 e. The van der Waals surface area contributed by atoms with Crippen LogP contribution in [0.5, 0.6) is 5.75 Å². The van der Waals surface area contributed by atoms with Crippen molar-refractivity contribution in [2.75, 3.05) is 5.32 Å². The Hall–Kier alpha value is -3.00. The SMILES string of the molecule is Cc1cc(C)c(C2Nc3c(OCc4ccccc4)cccc3C3C=CCC32)c(C)c1. The third kappa shape index (κ3) is 3.31. The monoisotopic (exact) mass is 395 g/mol. The molecule has 1 aliphatic heterocycles. The van der Waals surface area contributed by atoms with Crippen molar-refractivity contribution in [3.8, 4) is 5.75 Å². The lowest BCUT2D eigenvalue weighted by Crippen LogP contribution is -2.30. The molecule has 1 heterocycles. The standard InChI is InChI=1S/C28H29NO/c1-18-15-19(2)26(20(3)16-18)28-24-12-7-11-22(24)23-13-8-14-25(27(23)29-28)30-17-21-9-5-4-6-10-21/h4-11,13-16,22,24,28-29H,12,17H2,1-3H3. The summed E-state index contributed by atoms with van der Waals surface area (Å²) in [5.41, 5.74) is 9.24. The first-order chi connectivity index (χ1) is 14.6. The maximum Gasteiger partial charge on any atom is 0.143 e. The van der Waals surface area contributed by atoms with Crippen molar-refractivity contribution in [1.82, 2.24) is 0 Å². The first-order valence-corrected chi connectivity index (χ1v) is 10.9. The predicted octanol–water partition coefficient (Wildman–Crippen LogP) is 7.02. The zero-order chi connectivity index (χ0) is 20.7. The van der Waals surface area contributed by atoms with Gasteiger partial charge in [0.2, 0.25) is 0 Å². The van der Waals surface area contributed by atoms with Gasteiger partial charge in [-0.1, -0.05) is 72.3 Å². The van der Waals surface area contributed by atoms with Gasteiger partial charge < -0.3 is 10.1 Å². The Morgan fingerprint density at radius 2 is 1.70 bits per heavy atom.